The highest BCUT2D eigenvalue weighted by Gasteiger charge is 2.34. The van der Waals surface area contributed by atoms with Gasteiger partial charge in [0, 0.05) is 24.8 Å². The van der Waals surface area contributed by atoms with E-state index in [0.29, 0.717) is 19.6 Å². The summed E-state index contributed by atoms with van der Waals surface area (Å²) in [7, 11) is 0. The van der Waals surface area contributed by atoms with Gasteiger partial charge in [0.1, 0.15) is 0 Å². The number of nitrogens with one attached hydrogen (secondary N) is 1. The van der Waals surface area contributed by atoms with Crippen LogP contribution in [-0.4, -0.2) is 30.5 Å². The second-order valence-electron chi connectivity index (χ2n) is 5.02. The van der Waals surface area contributed by atoms with Crippen LogP contribution < -0.4 is 5.32 Å². The van der Waals surface area contributed by atoms with Crippen LogP contribution in [0.4, 0.5) is 0 Å². The van der Waals surface area contributed by atoms with Crippen LogP contribution in [0.25, 0.3) is 0 Å². The number of rotatable bonds is 5. The van der Waals surface area contributed by atoms with Crippen molar-refractivity contribution in [3.63, 3.8) is 0 Å². The molecule has 4 nitrogen and oxygen atoms in total. The standard InChI is InChI=1S/C15H20N2O2/c16-9-6-14(13-4-2-1-3-5-13)17-15(12-18)7-10-19-11-8-15/h1-5,14,17-18H,6-8,10-12H2. The molecule has 0 saturated carbocycles. The lowest BCUT2D eigenvalue weighted by Gasteiger charge is -2.39. The van der Waals surface area contributed by atoms with Crippen molar-refractivity contribution in [2.75, 3.05) is 19.8 Å². The third-order valence-corrected chi connectivity index (χ3v) is 3.73. The molecule has 1 aliphatic heterocycles. The molecule has 1 fully saturated rings. The third kappa shape index (κ3) is 3.54. The van der Waals surface area contributed by atoms with Crippen LogP contribution in [0.15, 0.2) is 30.3 Å². The van der Waals surface area contributed by atoms with Crippen LogP contribution in [0, 0.1) is 11.3 Å². The van der Waals surface area contributed by atoms with Crippen molar-refractivity contribution < 1.29 is 9.84 Å². The molecule has 0 radical (unpaired) electrons. The van der Waals surface area contributed by atoms with Crippen LogP contribution in [0.2, 0.25) is 0 Å². The van der Waals surface area contributed by atoms with E-state index in [0.717, 1.165) is 18.4 Å². The number of benzene rings is 1. The van der Waals surface area contributed by atoms with Gasteiger partial charge in [-0.15, -0.1) is 0 Å². The Hall–Kier alpha value is -1.41. The minimum absolute atomic E-state index is 0.0450. The molecule has 1 aliphatic rings. The van der Waals surface area contributed by atoms with Crippen LogP contribution >= 0.6 is 0 Å². The summed E-state index contributed by atoms with van der Waals surface area (Å²) in [4.78, 5) is 0. The first-order valence-electron chi connectivity index (χ1n) is 6.68. The number of nitriles is 1. The van der Waals surface area contributed by atoms with Gasteiger partial charge in [0.25, 0.3) is 0 Å². The van der Waals surface area contributed by atoms with E-state index in [1.807, 2.05) is 30.3 Å². The number of hydrogen-bond acceptors (Lipinski definition) is 4. The average Bonchev–Trinajstić information content (AvgIpc) is 2.49. The molecule has 1 heterocycles. The summed E-state index contributed by atoms with van der Waals surface area (Å²) in [5, 5.41) is 22.2. The quantitative estimate of drug-likeness (QED) is 0.847. The zero-order valence-corrected chi connectivity index (χ0v) is 11.0. The Bertz CT molecular complexity index is 422. The molecule has 1 aromatic rings. The molecular formula is C15H20N2O2. The van der Waals surface area contributed by atoms with Crippen LogP contribution in [-0.2, 0) is 4.74 Å². The van der Waals surface area contributed by atoms with Gasteiger partial charge in [0.2, 0.25) is 0 Å². The molecule has 2 N–H and O–H groups in total. The van der Waals surface area contributed by atoms with Crippen molar-refractivity contribution >= 4 is 0 Å². The topological polar surface area (TPSA) is 65.3 Å². The molecule has 1 atom stereocenters. The van der Waals surface area contributed by atoms with Gasteiger partial charge in [-0.25, -0.2) is 0 Å². The highest BCUT2D eigenvalue weighted by Crippen LogP contribution is 2.26. The summed E-state index contributed by atoms with van der Waals surface area (Å²) in [5.41, 5.74) is 0.763. The molecule has 1 aromatic carbocycles. The van der Waals surface area contributed by atoms with Gasteiger partial charge in [-0.2, -0.15) is 5.26 Å². The van der Waals surface area contributed by atoms with E-state index >= 15 is 0 Å². The van der Waals surface area contributed by atoms with E-state index in [1.165, 1.54) is 0 Å². The van der Waals surface area contributed by atoms with E-state index in [2.05, 4.69) is 11.4 Å². The molecule has 1 saturated heterocycles. The van der Waals surface area contributed by atoms with Gasteiger partial charge in [-0.3, -0.25) is 0 Å². The van der Waals surface area contributed by atoms with Crippen LogP contribution in [0.1, 0.15) is 30.9 Å². The summed E-state index contributed by atoms with van der Waals surface area (Å²) in [5.74, 6) is 0. The lowest BCUT2D eigenvalue weighted by Crippen LogP contribution is -2.53. The molecule has 0 bridgehead atoms. The molecule has 0 spiro atoms. The van der Waals surface area contributed by atoms with Gasteiger partial charge in [-0.1, -0.05) is 30.3 Å². The molecule has 4 heteroatoms. The first kappa shape index (κ1) is 14.0. The van der Waals surface area contributed by atoms with Gasteiger partial charge in [0.05, 0.1) is 19.1 Å². The molecular weight excluding hydrogens is 240 g/mol. The number of aliphatic hydroxyl groups is 1. The van der Waals surface area contributed by atoms with Gasteiger partial charge in [-0.05, 0) is 18.4 Å². The Kier molecular flexibility index (Phi) is 4.92. The summed E-state index contributed by atoms with van der Waals surface area (Å²) in [6.45, 7) is 1.38. The van der Waals surface area contributed by atoms with Gasteiger partial charge < -0.3 is 15.2 Å². The second-order valence-corrected chi connectivity index (χ2v) is 5.02. The van der Waals surface area contributed by atoms with E-state index in [4.69, 9.17) is 10.00 Å². The Balaban J connectivity index is 2.13. The zero-order valence-electron chi connectivity index (χ0n) is 11.0. The van der Waals surface area contributed by atoms with Crippen molar-refractivity contribution in [2.24, 2.45) is 0 Å². The van der Waals surface area contributed by atoms with Crippen molar-refractivity contribution in [1.82, 2.24) is 5.32 Å². The fraction of sp³-hybridized carbons (Fsp3) is 0.533. The lowest BCUT2D eigenvalue weighted by atomic mass is 9.88. The SMILES string of the molecule is N#CCC(NC1(CO)CCOCC1)c1ccccc1. The summed E-state index contributed by atoms with van der Waals surface area (Å²) < 4.78 is 5.36. The number of ether oxygens (including phenoxy) is 1. The van der Waals surface area contributed by atoms with Crippen molar-refractivity contribution in [1.29, 1.82) is 5.26 Å². The number of hydrogen-bond donors (Lipinski definition) is 2. The zero-order chi connectivity index (χ0) is 13.6. The molecule has 1 unspecified atom stereocenters. The van der Waals surface area contributed by atoms with Crippen molar-refractivity contribution in [2.45, 2.75) is 30.8 Å². The van der Waals surface area contributed by atoms with E-state index in [-0.39, 0.29) is 18.2 Å². The molecule has 0 aliphatic carbocycles. The normalized spacial score (nSPS) is 19.6. The summed E-state index contributed by atoms with van der Waals surface area (Å²) >= 11 is 0. The van der Waals surface area contributed by atoms with Crippen LogP contribution in [0.3, 0.4) is 0 Å². The summed E-state index contributed by atoms with van der Waals surface area (Å²) in [6.07, 6.45) is 1.95. The maximum absolute atomic E-state index is 9.70. The molecule has 0 amide bonds. The smallest absolute Gasteiger partial charge is 0.0641 e. The Morgan fingerprint density at radius 1 is 1.32 bits per heavy atom. The lowest BCUT2D eigenvalue weighted by molar-refractivity contribution is 0.00661. The van der Waals surface area contributed by atoms with E-state index in [9.17, 15) is 5.11 Å². The van der Waals surface area contributed by atoms with Gasteiger partial charge >= 0.3 is 0 Å². The third-order valence-electron chi connectivity index (χ3n) is 3.73. The largest absolute Gasteiger partial charge is 0.394 e. The molecule has 102 valence electrons. The number of aliphatic hydroxyl groups excluding tert-OH is 1. The second kappa shape index (κ2) is 6.67. The summed E-state index contributed by atoms with van der Waals surface area (Å²) in [6, 6.07) is 12.1. The highest BCUT2D eigenvalue weighted by molar-refractivity contribution is 5.20. The molecule has 2 rings (SSSR count). The predicted octanol–water partition coefficient (Wildman–Crippen LogP) is 1.77. The van der Waals surface area contributed by atoms with Crippen molar-refractivity contribution in [3.8, 4) is 6.07 Å². The Labute approximate surface area is 114 Å². The highest BCUT2D eigenvalue weighted by atomic mass is 16.5. The first-order chi connectivity index (χ1) is 9.29. The van der Waals surface area contributed by atoms with E-state index < -0.39 is 0 Å². The maximum Gasteiger partial charge on any atom is 0.0641 e. The first-order valence-corrected chi connectivity index (χ1v) is 6.68. The molecule has 19 heavy (non-hydrogen) atoms. The number of nitrogens with zero attached hydrogens (tertiary/aromatic N) is 1. The van der Waals surface area contributed by atoms with Crippen LogP contribution in [0.5, 0.6) is 0 Å². The Morgan fingerprint density at radius 3 is 2.58 bits per heavy atom. The predicted molar refractivity (Wildman–Crippen MR) is 72.4 cm³/mol. The molecule has 0 aromatic heterocycles. The monoisotopic (exact) mass is 260 g/mol. The Morgan fingerprint density at radius 2 is 2.00 bits per heavy atom. The fourth-order valence-electron chi connectivity index (χ4n) is 2.51. The minimum atomic E-state index is -0.324. The maximum atomic E-state index is 9.70. The van der Waals surface area contributed by atoms with Gasteiger partial charge in [0.15, 0.2) is 0 Å². The van der Waals surface area contributed by atoms with Crippen molar-refractivity contribution in [3.05, 3.63) is 35.9 Å². The average molecular weight is 260 g/mol. The van der Waals surface area contributed by atoms with E-state index in [1.54, 1.807) is 0 Å². The fourth-order valence-corrected chi connectivity index (χ4v) is 2.51. The minimum Gasteiger partial charge on any atom is -0.394 e.